The monoisotopic (exact) mass is 552 g/mol. The van der Waals surface area contributed by atoms with Crippen LogP contribution in [0.1, 0.15) is 67.1 Å². The minimum atomic E-state index is -4.56. The summed E-state index contributed by atoms with van der Waals surface area (Å²) < 4.78 is 58.0. The highest BCUT2D eigenvalue weighted by atomic mass is 19.4. The maximum Gasteiger partial charge on any atom is 0.406 e. The molecule has 1 aromatic carbocycles. The molecule has 1 aromatic heterocycles. The Balaban J connectivity index is 1.50. The highest BCUT2D eigenvalue weighted by Crippen LogP contribution is 2.51. The van der Waals surface area contributed by atoms with Crippen LogP contribution in [0.5, 0.6) is 0 Å². The van der Waals surface area contributed by atoms with E-state index in [9.17, 15) is 27.6 Å². The Morgan fingerprint density at radius 3 is 2.33 bits per heavy atom. The lowest BCUT2D eigenvalue weighted by atomic mass is 9.88. The van der Waals surface area contributed by atoms with Gasteiger partial charge < -0.3 is 20.1 Å². The fraction of sp³-hybridized carbons (Fsp3) is 0.556. The van der Waals surface area contributed by atoms with Gasteiger partial charge in [0.25, 0.3) is 5.91 Å². The third kappa shape index (κ3) is 6.96. The molecule has 1 heterocycles. The van der Waals surface area contributed by atoms with Gasteiger partial charge in [-0.3, -0.25) is 14.4 Å². The van der Waals surface area contributed by atoms with E-state index in [1.165, 1.54) is 25.3 Å². The second kappa shape index (κ2) is 11.4. The van der Waals surface area contributed by atoms with E-state index in [0.29, 0.717) is 17.0 Å². The van der Waals surface area contributed by atoms with E-state index in [2.05, 4.69) is 15.8 Å². The first-order valence-corrected chi connectivity index (χ1v) is 13.1. The van der Waals surface area contributed by atoms with Gasteiger partial charge in [0.2, 0.25) is 11.8 Å². The van der Waals surface area contributed by atoms with E-state index < -0.39 is 48.2 Å². The van der Waals surface area contributed by atoms with Gasteiger partial charge in [0.15, 0.2) is 0 Å². The lowest BCUT2D eigenvalue weighted by Crippen LogP contribution is -2.50. The Kier molecular flexibility index (Phi) is 8.31. The summed E-state index contributed by atoms with van der Waals surface area (Å²) in [6.07, 6.45) is 0.950. The smallest absolute Gasteiger partial charge is 0.364 e. The van der Waals surface area contributed by atoms with Crippen molar-refractivity contribution >= 4 is 23.4 Å². The van der Waals surface area contributed by atoms with Crippen LogP contribution in [0.4, 0.5) is 23.2 Å². The molecule has 3 amide bonds. The second-order valence-corrected chi connectivity index (χ2v) is 10.5. The fourth-order valence-corrected chi connectivity index (χ4v) is 5.08. The van der Waals surface area contributed by atoms with E-state index in [-0.39, 0.29) is 34.6 Å². The number of nitrogens with one attached hydrogen (secondary N) is 2. The summed E-state index contributed by atoms with van der Waals surface area (Å²) in [4.78, 5) is 39.5. The van der Waals surface area contributed by atoms with Gasteiger partial charge >= 0.3 is 6.18 Å². The highest BCUT2D eigenvalue weighted by Gasteiger charge is 2.48. The molecule has 0 unspecified atom stereocenters. The number of aryl methyl sites for hydroxylation is 1. The summed E-state index contributed by atoms with van der Waals surface area (Å²) in [6.45, 7) is 1.79. The van der Waals surface area contributed by atoms with Crippen LogP contribution < -0.4 is 10.6 Å². The second-order valence-electron chi connectivity index (χ2n) is 10.5. The highest BCUT2D eigenvalue weighted by molar-refractivity contribution is 6.01. The molecule has 8 nitrogen and oxygen atoms in total. The molecule has 2 fully saturated rings. The number of nitrogens with zero attached hydrogens (tertiary/aromatic N) is 2. The predicted octanol–water partition coefficient (Wildman–Crippen LogP) is 4.67. The summed E-state index contributed by atoms with van der Waals surface area (Å²) in [5.74, 6) is -3.28. The Labute approximate surface area is 223 Å². The Hall–Kier alpha value is -3.44. The van der Waals surface area contributed by atoms with Gasteiger partial charge in [0, 0.05) is 7.05 Å². The van der Waals surface area contributed by atoms with Crippen molar-refractivity contribution in [2.45, 2.75) is 64.1 Å². The van der Waals surface area contributed by atoms with Crippen LogP contribution in [-0.2, 0) is 16.0 Å². The largest absolute Gasteiger partial charge is 0.406 e. The van der Waals surface area contributed by atoms with Crippen molar-refractivity contribution in [3.63, 3.8) is 0 Å². The minimum absolute atomic E-state index is 0.0944. The van der Waals surface area contributed by atoms with Crippen molar-refractivity contribution in [3.8, 4) is 0 Å². The molecule has 0 saturated heterocycles. The number of aromatic nitrogens is 1. The van der Waals surface area contributed by atoms with Crippen LogP contribution in [0, 0.1) is 23.6 Å². The van der Waals surface area contributed by atoms with E-state index in [4.69, 9.17) is 4.52 Å². The van der Waals surface area contributed by atoms with Gasteiger partial charge in [0.05, 0.1) is 17.3 Å². The van der Waals surface area contributed by atoms with Crippen LogP contribution in [0.3, 0.4) is 0 Å². The molecule has 12 heteroatoms. The average Bonchev–Trinajstić information content (AvgIpc) is 3.82. The molecule has 0 radical (unpaired) electrons. The van der Waals surface area contributed by atoms with E-state index >= 15 is 4.39 Å². The maximum absolute atomic E-state index is 15.1. The SMILES string of the molecule is CCc1nocc1C(=O)N[C@H](C(=O)Nc1ccc([C@H](C)C(=O)N(C)CC(F)(F)F)cc1F)C(C1CC1)C1CC1. The zero-order chi connectivity index (χ0) is 28.5. The quantitative estimate of drug-likeness (QED) is 0.394. The van der Waals surface area contributed by atoms with Gasteiger partial charge in [-0.25, -0.2) is 4.39 Å². The van der Waals surface area contributed by atoms with Crippen molar-refractivity contribution in [3.05, 3.63) is 47.1 Å². The zero-order valence-corrected chi connectivity index (χ0v) is 22.0. The number of carbonyl (C=O) groups is 3. The third-order valence-electron chi connectivity index (χ3n) is 7.42. The van der Waals surface area contributed by atoms with E-state index in [1.807, 2.05) is 6.92 Å². The normalized spacial score (nSPS) is 17.0. The molecule has 39 heavy (non-hydrogen) atoms. The molecule has 2 atom stereocenters. The van der Waals surface area contributed by atoms with Crippen LogP contribution in [0.25, 0.3) is 0 Å². The molecule has 2 aliphatic carbocycles. The summed E-state index contributed by atoms with van der Waals surface area (Å²) in [5.41, 5.74) is 0.719. The van der Waals surface area contributed by atoms with Crippen LogP contribution >= 0.6 is 0 Å². The number of alkyl halides is 3. The first kappa shape index (κ1) is 28.6. The van der Waals surface area contributed by atoms with E-state index in [0.717, 1.165) is 38.8 Å². The van der Waals surface area contributed by atoms with Crippen molar-refractivity contribution in [1.82, 2.24) is 15.4 Å². The van der Waals surface area contributed by atoms with Gasteiger partial charge in [-0.2, -0.15) is 13.2 Å². The van der Waals surface area contributed by atoms with Crippen LogP contribution in [-0.4, -0.2) is 53.6 Å². The number of halogens is 4. The number of amides is 3. The van der Waals surface area contributed by atoms with Crippen LogP contribution in [0.2, 0.25) is 0 Å². The molecule has 2 saturated carbocycles. The number of hydrogen-bond acceptors (Lipinski definition) is 5. The topological polar surface area (TPSA) is 105 Å². The number of hydrogen-bond donors (Lipinski definition) is 2. The Morgan fingerprint density at radius 1 is 1.15 bits per heavy atom. The maximum atomic E-state index is 15.1. The number of benzene rings is 1. The van der Waals surface area contributed by atoms with Crippen molar-refractivity contribution in [1.29, 1.82) is 0 Å². The number of carbonyl (C=O) groups excluding carboxylic acids is 3. The number of anilines is 1. The van der Waals surface area contributed by atoms with Crippen molar-refractivity contribution in [2.75, 3.05) is 18.9 Å². The van der Waals surface area contributed by atoms with E-state index in [1.54, 1.807) is 0 Å². The van der Waals surface area contributed by atoms with Gasteiger partial charge in [-0.1, -0.05) is 18.1 Å². The minimum Gasteiger partial charge on any atom is -0.364 e. The summed E-state index contributed by atoms with van der Waals surface area (Å²) in [7, 11) is 1.03. The first-order chi connectivity index (χ1) is 18.4. The standard InChI is InChI=1S/C27H32F4N4O4/c1-4-20-18(12-39-34-20)24(36)33-23(22(15-5-6-15)16-7-8-16)25(37)32-21-10-9-17(11-19(21)28)14(2)26(38)35(3)13-27(29,30)31/h9-12,14-16,22-23H,4-8,13H2,1-3H3,(H,32,37)(H,33,36)/t14-,23-/m0/s1. The molecule has 4 rings (SSSR count). The molecule has 2 N–H and O–H groups in total. The van der Waals surface area contributed by atoms with Crippen molar-refractivity contribution < 1.29 is 36.5 Å². The molecule has 0 bridgehead atoms. The molecule has 212 valence electrons. The van der Waals surface area contributed by atoms with Crippen molar-refractivity contribution in [2.24, 2.45) is 17.8 Å². The van der Waals surface area contributed by atoms with Crippen LogP contribution in [0.15, 0.2) is 29.0 Å². The summed E-state index contributed by atoms with van der Waals surface area (Å²) in [6, 6.07) is 2.78. The van der Waals surface area contributed by atoms with Gasteiger partial charge in [0.1, 0.15) is 30.2 Å². The average molecular weight is 553 g/mol. The number of rotatable bonds is 11. The third-order valence-corrected chi connectivity index (χ3v) is 7.42. The summed E-state index contributed by atoms with van der Waals surface area (Å²) in [5, 5.41) is 9.23. The molecular weight excluding hydrogens is 520 g/mol. The summed E-state index contributed by atoms with van der Waals surface area (Å²) >= 11 is 0. The predicted molar refractivity (Wildman–Crippen MR) is 133 cm³/mol. The molecule has 2 aliphatic rings. The van der Waals surface area contributed by atoms with Gasteiger partial charge in [-0.05, 0) is 74.5 Å². The lowest BCUT2D eigenvalue weighted by Gasteiger charge is -2.27. The Bertz CT molecular complexity index is 1210. The molecule has 0 spiro atoms. The molecule has 2 aromatic rings. The first-order valence-electron chi connectivity index (χ1n) is 13.1. The lowest BCUT2D eigenvalue weighted by molar-refractivity contribution is -0.159. The Morgan fingerprint density at radius 2 is 1.79 bits per heavy atom. The van der Waals surface area contributed by atoms with Gasteiger partial charge in [-0.15, -0.1) is 0 Å². The fourth-order valence-electron chi connectivity index (χ4n) is 5.08. The number of likely N-dealkylation sites (N-methyl/N-ethyl adjacent to an activating group) is 1. The molecule has 0 aliphatic heterocycles. The zero-order valence-electron chi connectivity index (χ0n) is 22.0. The molecular formula is C27H32F4N4O4.